The lowest BCUT2D eigenvalue weighted by atomic mass is 9.67. The quantitative estimate of drug-likeness (QED) is 0.108. The van der Waals surface area contributed by atoms with Gasteiger partial charge in [0, 0.05) is 16.5 Å². The highest BCUT2D eigenvalue weighted by atomic mass is 16.6. The molecule has 54 heavy (non-hydrogen) atoms. The molecule has 276 valence electrons. The van der Waals surface area contributed by atoms with Crippen molar-refractivity contribution >= 4 is 35.4 Å². The van der Waals surface area contributed by atoms with E-state index in [-0.39, 0.29) is 51.2 Å². The van der Waals surface area contributed by atoms with E-state index in [9.17, 15) is 28.8 Å². The van der Waals surface area contributed by atoms with Gasteiger partial charge in [-0.15, -0.1) is 0 Å². The predicted molar refractivity (Wildman–Crippen MR) is 200 cm³/mol. The molecule has 0 aromatic heterocycles. The number of hydrogen-bond acceptors (Lipinski definition) is 9. The molecule has 9 heteroatoms. The molecule has 1 fully saturated rings. The smallest absolute Gasteiger partial charge is 0.346 e. The summed E-state index contributed by atoms with van der Waals surface area (Å²) in [4.78, 5) is 74.8. The van der Waals surface area contributed by atoms with E-state index in [1.165, 1.54) is 68.5 Å². The first-order valence-corrected chi connectivity index (χ1v) is 18.8. The zero-order chi connectivity index (χ0) is 38.0. The van der Waals surface area contributed by atoms with Crippen LogP contribution in [0.2, 0.25) is 0 Å². The number of aryl methyl sites for hydroxylation is 2. The van der Waals surface area contributed by atoms with Crippen LogP contribution in [-0.4, -0.2) is 35.4 Å². The van der Waals surface area contributed by atoms with Crippen LogP contribution in [0, 0.1) is 13.8 Å². The summed E-state index contributed by atoms with van der Waals surface area (Å²) in [5, 5.41) is 0. The van der Waals surface area contributed by atoms with Crippen LogP contribution in [0.5, 0.6) is 11.5 Å². The zero-order valence-electron chi connectivity index (χ0n) is 30.6. The third-order valence-electron chi connectivity index (χ3n) is 11.1. The lowest BCUT2D eigenvalue weighted by Crippen LogP contribution is -2.29. The molecule has 0 spiro atoms. The summed E-state index contributed by atoms with van der Waals surface area (Å²) < 4.78 is 16.4. The molecular formula is C45H42O9. The topological polar surface area (TPSA) is 130 Å². The fraction of sp³-hybridized carbons (Fsp3) is 0.333. The van der Waals surface area contributed by atoms with Crippen LogP contribution in [0.4, 0.5) is 0 Å². The lowest BCUT2D eigenvalue weighted by molar-refractivity contribution is 0.0442. The van der Waals surface area contributed by atoms with Gasteiger partial charge in [-0.1, -0.05) is 82.1 Å². The Hall–Kier alpha value is -5.70. The normalized spacial score (nSPS) is 17.1. The Bertz CT molecular complexity index is 2060. The molecule has 1 heterocycles. The van der Waals surface area contributed by atoms with E-state index in [0.717, 1.165) is 60.8 Å². The van der Waals surface area contributed by atoms with Gasteiger partial charge in [0.2, 0.25) is 0 Å². The molecule has 0 bridgehead atoms. The summed E-state index contributed by atoms with van der Waals surface area (Å²) >= 11 is 0. The highest BCUT2D eigenvalue weighted by Crippen LogP contribution is 2.45. The van der Waals surface area contributed by atoms with Crippen molar-refractivity contribution in [1.29, 1.82) is 0 Å². The highest BCUT2D eigenvalue weighted by molar-refractivity contribution is 6.24. The molecule has 0 radical (unpaired) electrons. The second-order valence-electron chi connectivity index (χ2n) is 14.7. The highest BCUT2D eigenvalue weighted by Gasteiger charge is 2.35. The first-order chi connectivity index (χ1) is 26.0. The molecule has 7 rings (SSSR count). The molecule has 0 N–H and O–H groups in total. The summed E-state index contributed by atoms with van der Waals surface area (Å²) in [7, 11) is 0. The molecule has 4 aromatic rings. The number of ether oxygens (including phenoxy) is 3. The minimum Gasteiger partial charge on any atom is -0.423 e. The van der Waals surface area contributed by atoms with Gasteiger partial charge in [0.15, 0.2) is 11.6 Å². The van der Waals surface area contributed by atoms with Gasteiger partial charge in [-0.25, -0.2) is 19.2 Å². The summed E-state index contributed by atoms with van der Waals surface area (Å²) in [5.74, 6) is -2.50. The Kier molecular flexibility index (Phi) is 10.4. The Labute approximate surface area is 314 Å². The summed E-state index contributed by atoms with van der Waals surface area (Å²) in [6.07, 6.45) is 12.1. The Balaban J connectivity index is 1.18. The lowest BCUT2D eigenvalue weighted by Gasteiger charge is -2.37. The van der Waals surface area contributed by atoms with Crippen molar-refractivity contribution < 1.29 is 43.0 Å². The summed E-state index contributed by atoms with van der Waals surface area (Å²) in [6, 6.07) is 20.6. The van der Waals surface area contributed by atoms with Gasteiger partial charge in [0.05, 0.1) is 28.7 Å². The van der Waals surface area contributed by atoms with E-state index in [2.05, 4.69) is 16.9 Å². The summed E-state index contributed by atoms with van der Waals surface area (Å²) in [5.41, 5.74) is 4.53. The van der Waals surface area contributed by atoms with Gasteiger partial charge in [-0.3, -0.25) is 9.59 Å². The fourth-order valence-corrected chi connectivity index (χ4v) is 8.09. The van der Waals surface area contributed by atoms with E-state index >= 15 is 0 Å². The molecule has 0 atom stereocenters. The minimum absolute atomic E-state index is 0.0412. The van der Waals surface area contributed by atoms with Crippen LogP contribution >= 0.6 is 0 Å². The van der Waals surface area contributed by atoms with Gasteiger partial charge < -0.3 is 14.2 Å². The van der Waals surface area contributed by atoms with Crippen molar-refractivity contribution in [3.8, 4) is 11.5 Å². The van der Waals surface area contributed by atoms with E-state index in [1.54, 1.807) is 0 Å². The maximum absolute atomic E-state index is 13.3. The van der Waals surface area contributed by atoms with Crippen molar-refractivity contribution in [3.05, 3.63) is 128 Å². The molecule has 0 amide bonds. The molecular weight excluding hydrogens is 684 g/mol. The second kappa shape index (κ2) is 15.3. The first-order valence-electron chi connectivity index (χ1n) is 18.8. The third kappa shape index (κ3) is 7.27. The number of esters is 4. The number of ketones is 2. The summed E-state index contributed by atoms with van der Waals surface area (Å²) in [6.45, 7) is 3.83. The van der Waals surface area contributed by atoms with E-state index in [1.807, 2.05) is 38.1 Å². The number of hydrogen-bond donors (Lipinski definition) is 0. The average Bonchev–Trinajstić information content (AvgIpc) is 3.61. The fourth-order valence-electron chi connectivity index (χ4n) is 8.09. The molecule has 4 aromatic carbocycles. The van der Waals surface area contributed by atoms with Crippen LogP contribution in [0.1, 0.15) is 161 Å². The Morgan fingerprint density at radius 2 is 0.963 bits per heavy atom. The van der Waals surface area contributed by atoms with E-state index < -0.39 is 23.9 Å². The monoisotopic (exact) mass is 726 g/mol. The van der Waals surface area contributed by atoms with Crippen molar-refractivity contribution in [2.75, 3.05) is 0 Å². The second-order valence-corrected chi connectivity index (χ2v) is 14.7. The first kappa shape index (κ1) is 36.6. The number of carbonyl (C=O) groups is 6. The molecule has 0 unspecified atom stereocenters. The molecule has 0 saturated heterocycles. The molecule has 1 saturated carbocycles. The number of Topliss-reactive ketones (excluding diaryl/α,β-unsaturated/α-hetero) is 2. The molecule has 2 aliphatic carbocycles. The van der Waals surface area contributed by atoms with Crippen LogP contribution in [0.3, 0.4) is 0 Å². The van der Waals surface area contributed by atoms with E-state index in [0.29, 0.717) is 17.1 Å². The van der Waals surface area contributed by atoms with Gasteiger partial charge in [-0.2, -0.15) is 0 Å². The van der Waals surface area contributed by atoms with Gasteiger partial charge in [0.1, 0.15) is 11.5 Å². The maximum Gasteiger partial charge on any atom is 0.346 e. The zero-order valence-corrected chi connectivity index (χ0v) is 30.6. The van der Waals surface area contributed by atoms with Crippen LogP contribution in [0.15, 0.2) is 72.8 Å². The van der Waals surface area contributed by atoms with Crippen LogP contribution < -0.4 is 9.47 Å². The van der Waals surface area contributed by atoms with Crippen LogP contribution in [0.25, 0.3) is 0 Å². The molecule has 1 aliphatic heterocycles. The van der Waals surface area contributed by atoms with E-state index in [4.69, 9.17) is 9.47 Å². The third-order valence-corrected chi connectivity index (χ3v) is 11.1. The number of fused-ring (bicyclic) bond motifs is 2. The van der Waals surface area contributed by atoms with Crippen molar-refractivity contribution in [3.63, 3.8) is 0 Å². The Morgan fingerprint density at radius 1 is 0.519 bits per heavy atom. The van der Waals surface area contributed by atoms with Gasteiger partial charge in [-0.05, 0) is 97.5 Å². The number of rotatable bonds is 6. The maximum atomic E-state index is 13.3. The standard InChI is InChI=1S/C45H42O9/c1-27-22-31(14-18-39(27)52-41(48)29-12-16-33-35(24-29)38(47)26-37(33)46)45(20-10-8-6-4-3-5-7-9-11-21-45)32-15-19-40(28(2)23-32)53-42(49)30-13-17-34-36(25-30)44(51)54-43(34)50/h12-19,22-25H,3-11,20-21,26H2,1-2H3. The average molecular weight is 727 g/mol. The van der Waals surface area contributed by atoms with Crippen molar-refractivity contribution in [2.24, 2.45) is 0 Å². The minimum atomic E-state index is -0.788. The Morgan fingerprint density at radius 3 is 1.48 bits per heavy atom. The van der Waals surface area contributed by atoms with Crippen LogP contribution in [-0.2, 0) is 10.2 Å². The van der Waals surface area contributed by atoms with Gasteiger partial charge >= 0.3 is 23.9 Å². The predicted octanol–water partition coefficient (Wildman–Crippen LogP) is 9.41. The number of cyclic esters (lactones) is 2. The van der Waals surface area contributed by atoms with Gasteiger partial charge in [0.25, 0.3) is 0 Å². The molecule has 3 aliphatic rings. The van der Waals surface area contributed by atoms with Crippen molar-refractivity contribution in [2.45, 2.75) is 96.3 Å². The number of carbonyl (C=O) groups excluding carboxylic acids is 6. The SMILES string of the molecule is Cc1cc(C2(c3ccc(OC(=O)c4ccc5c(c4)C(=O)OC5=O)c(C)c3)CCCCCCCCCCC2)ccc1OC(=O)c1ccc2c(c1)C(=O)CC2=O. The molecule has 9 nitrogen and oxygen atoms in total. The van der Waals surface area contributed by atoms with Crippen molar-refractivity contribution in [1.82, 2.24) is 0 Å². The number of benzene rings is 4. The largest absolute Gasteiger partial charge is 0.423 e.